The number of aromatic nitrogens is 4. The number of aryl methyl sites for hydroxylation is 2. The van der Waals surface area contributed by atoms with Crippen LogP contribution in [0.5, 0.6) is 0 Å². The maximum absolute atomic E-state index is 5.26. The zero-order valence-electron chi connectivity index (χ0n) is 9.33. The highest BCUT2D eigenvalue weighted by atomic mass is 32.1. The molecule has 0 aliphatic heterocycles. The lowest BCUT2D eigenvalue weighted by molar-refractivity contribution is 0.669. The van der Waals surface area contributed by atoms with E-state index in [2.05, 4.69) is 28.8 Å². The van der Waals surface area contributed by atoms with Gasteiger partial charge in [0.2, 0.25) is 0 Å². The van der Waals surface area contributed by atoms with Crippen molar-refractivity contribution in [3.05, 3.63) is 15.2 Å². The van der Waals surface area contributed by atoms with Gasteiger partial charge in [-0.3, -0.25) is 0 Å². The molecule has 0 aliphatic carbocycles. The van der Waals surface area contributed by atoms with Crippen LogP contribution in [0.1, 0.15) is 26.1 Å². The first-order valence-corrected chi connectivity index (χ1v) is 6.20. The van der Waals surface area contributed by atoms with E-state index < -0.39 is 0 Å². The molecule has 0 radical (unpaired) electrons. The van der Waals surface area contributed by atoms with E-state index in [1.807, 2.05) is 4.57 Å². The van der Waals surface area contributed by atoms with Crippen molar-refractivity contribution in [2.24, 2.45) is 0 Å². The molecule has 0 aromatic carbocycles. The zero-order chi connectivity index (χ0) is 11.7. The molecule has 2 aromatic rings. The summed E-state index contributed by atoms with van der Waals surface area (Å²) in [5.41, 5.74) is 1.75. The minimum absolute atomic E-state index is 0.638. The average molecular weight is 254 g/mol. The molecule has 2 rings (SSSR count). The van der Waals surface area contributed by atoms with Crippen molar-refractivity contribution < 1.29 is 0 Å². The summed E-state index contributed by atoms with van der Waals surface area (Å²) in [5, 5.41) is 0. The van der Waals surface area contributed by atoms with Crippen LogP contribution in [0.4, 0.5) is 0 Å². The Labute approximate surface area is 104 Å². The van der Waals surface area contributed by atoms with Crippen LogP contribution in [0.2, 0.25) is 0 Å². The molecule has 0 saturated heterocycles. The van der Waals surface area contributed by atoms with Gasteiger partial charge in [0, 0.05) is 13.0 Å². The van der Waals surface area contributed by atoms with Crippen LogP contribution in [0, 0.1) is 9.41 Å². The fourth-order valence-corrected chi connectivity index (χ4v) is 2.27. The Hall–Kier alpha value is -1.01. The molecule has 2 aromatic heterocycles. The van der Waals surface area contributed by atoms with Gasteiger partial charge < -0.3 is 14.5 Å². The van der Waals surface area contributed by atoms with E-state index in [-0.39, 0.29) is 0 Å². The van der Waals surface area contributed by atoms with Gasteiger partial charge in [0.25, 0.3) is 0 Å². The predicted octanol–water partition coefficient (Wildman–Crippen LogP) is 3.12. The van der Waals surface area contributed by atoms with Crippen LogP contribution in [-0.2, 0) is 13.0 Å². The first kappa shape index (κ1) is 11.5. The van der Waals surface area contributed by atoms with Crippen LogP contribution in [-0.4, -0.2) is 19.5 Å². The Morgan fingerprint density at radius 1 is 1.25 bits per heavy atom. The molecule has 2 heterocycles. The fourth-order valence-electron chi connectivity index (χ4n) is 1.69. The third-order valence-electron chi connectivity index (χ3n) is 2.46. The minimum Gasteiger partial charge on any atom is -0.338 e. The monoisotopic (exact) mass is 254 g/mol. The largest absolute Gasteiger partial charge is 0.338 e. The number of rotatable bonds is 3. The first-order chi connectivity index (χ1) is 7.67. The second-order valence-corrected chi connectivity index (χ2v) is 4.44. The highest BCUT2D eigenvalue weighted by Gasteiger charge is 2.08. The summed E-state index contributed by atoms with van der Waals surface area (Å²) >= 11 is 10.5. The van der Waals surface area contributed by atoms with Crippen molar-refractivity contribution in [2.45, 2.75) is 33.2 Å². The highest BCUT2D eigenvalue weighted by molar-refractivity contribution is 7.72. The molecular formula is C10H14N4S2. The number of hydrogen-bond acceptors (Lipinski definition) is 3. The molecule has 0 bridgehead atoms. The molecule has 2 N–H and O–H groups in total. The maximum atomic E-state index is 5.26. The van der Waals surface area contributed by atoms with E-state index in [0.29, 0.717) is 9.41 Å². The Morgan fingerprint density at radius 2 is 2.00 bits per heavy atom. The second-order valence-electron chi connectivity index (χ2n) is 3.65. The predicted molar refractivity (Wildman–Crippen MR) is 69.8 cm³/mol. The number of aromatic amines is 2. The molecule has 0 atom stereocenters. The zero-order valence-corrected chi connectivity index (χ0v) is 11.0. The van der Waals surface area contributed by atoms with Crippen LogP contribution >= 0.6 is 24.4 Å². The van der Waals surface area contributed by atoms with Gasteiger partial charge in [-0.25, -0.2) is 4.98 Å². The van der Waals surface area contributed by atoms with Gasteiger partial charge >= 0.3 is 0 Å². The maximum Gasteiger partial charge on any atom is 0.179 e. The van der Waals surface area contributed by atoms with Crippen molar-refractivity contribution in [2.75, 3.05) is 0 Å². The van der Waals surface area contributed by atoms with Gasteiger partial charge in [0.1, 0.15) is 16.0 Å². The summed E-state index contributed by atoms with van der Waals surface area (Å²) in [6.07, 6.45) is 1.88. The number of H-pyrrole nitrogens is 2. The van der Waals surface area contributed by atoms with E-state index in [4.69, 9.17) is 24.4 Å². The van der Waals surface area contributed by atoms with Crippen molar-refractivity contribution >= 4 is 35.6 Å². The summed E-state index contributed by atoms with van der Waals surface area (Å²) < 4.78 is 3.28. The summed E-state index contributed by atoms with van der Waals surface area (Å²) in [7, 11) is 0. The Morgan fingerprint density at radius 3 is 2.62 bits per heavy atom. The molecule has 0 fully saturated rings. The molecule has 0 aliphatic rings. The molecule has 0 amide bonds. The van der Waals surface area contributed by atoms with Crippen LogP contribution in [0.15, 0.2) is 0 Å². The van der Waals surface area contributed by atoms with E-state index in [1.165, 1.54) is 0 Å². The van der Waals surface area contributed by atoms with E-state index in [1.54, 1.807) is 0 Å². The smallest absolute Gasteiger partial charge is 0.179 e. The molecular weight excluding hydrogens is 240 g/mol. The molecule has 4 nitrogen and oxygen atoms in total. The van der Waals surface area contributed by atoms with Crippen molar-refractivity contribution in [1.82, 2.24) is 19.5 Å². The average Bonchev–Trinajstić information content (AvgIpc) is 2.68. The SMILES string of the molecule is CCCn1c(=S)[nH]c(=S)c2[nH]c(CC)nc21. The third kappa shape index (κ3) is 1.82. The van der Waals surface area contributed by atoms with Gasteiger partial charge in [0.15, 0.2) is 10.4 Å². The molecule has 0 saturated carbocycles. The molecule has 6 heteroatoms. The molecule has 16 heavy (non-hydrogen) atoms. The molecule has 86 valence electrons. The standard InChI is InChI=1S/C10H14N4S2/c1-3-5-14-8-7(9(15)13-10(14)16)11-6(4-2)12-8/h3-5H2,1-2H3,(H,11,12)(H,13,15,16). The number of nitrogens with zero attached hydrogens (tertiary/aromatic N) is 2. The van der Waals surface area contributed by atoms with Crippen LogP contribution < -0.4 is 0 Å². The summed E-state index contributed by atoms with van der Waals surface area (Å²) in [4.78, 5) is 10.8. The van der Waals surface area contributed by atoms with E-state index in [9.17, 15) is 0 Å². The van der Waals surface area contributed by atoms with Crippen LogP contribution in [0.3, 0.4) is 0 Å². The second kappa shape index (κ2) is 4.47. The topological polar surface area (TPSA) is 49.4 Å². The lowest BCUT2D eigenvalue weighted by Gasteiger charge is -2.05. The fraction of sp³-hybridized carbons (Fsp3) is 0.500. The lowest BCUT2D eigenvalue weighted by atomic mass is 10.4. The third-order valence-corrected chi connectivity index (χ3v) is 3.09. The van der Waals surface area contributed by atoms with Crippen molar-refractivity contribution in [3.63, 3.8) is 0 Å². The Balaban J connectivity index is 2.82. The Kier molecular flexibility index (Phi) is 3.20. The molecule has 0 unspecified atom stereocenters. The summed E-state index contributed by atoms with van der Waals surface area (Å²) in [6.45, 7) is 5.03. The van der Waals surface area contributed by atoms with Crippen LogP contribution in [0.25, 0.3) is 11.2 Å². The first-order valence-electron chi connectivity index (χ1n) is 5.39. The number of nitrogens with one attached hydrogen (secondary N) is 2. The highest BCUT2D eigenvalue weighted by Crippen LogP contribution is 2.13. The summed E-state index contributed by atoms with van der Waals surface area (Å²) in [5.74, 6) is 0.944. The number of fused-ring (bicyclic) bond motifs is 1. The van der Waals surface area contributed by atoms with Gasteiger partial charge in [-0.15, -0.1) is 0 Å². The molecule has 0 spiro atoms. The lowest BCUT2D eigenvalue weighted by Crippen LogP contribution is -2.03. The van der Waals surface area contributed by atoms with E-state index in [0.717, 1.165) is 36.4 Å². The number of hydrogen-bond donors (Lipinski definition) is 2. The van der Waals surface area contributed by atoms with Gasteiger partial charge in [0.05, 0.1) is 0 Å². The normalized spacial score (nSPS) is 11.1. The number of imidazole rings is 1. The van der Waals surface area contributed by atoms with Gasteiger partial charge in [-0.05, 0) is 18.6 Å². The Bertz CT molecular complexity index is 620. The minimum atomic E-state index is 0.638. The van der Waals surface area contributed by atoms with Crippen molar-refractivity contribution in [1.29, 1.82) is 0 Å². The van der Waals surface area contributed by atoms with E-state index >= 15 is 0 Å². The summed E-state index contributed by atoms with van der Waals surface area (Å²) in [6, 6.07) is 0. The quantitative estimate of drug-likeness (QED) is 0.827. The van der Waals surface area contributed by atoms with Gasteiger partial charge in [-0.1, -0.05) is 26.1 Å². The van der Waals surface area contributed by atoms with Crippen molar-refractivity contribution in [3.8, 4) is 0 Å². The van der Waals surface area contributed by atoms with Gasteiger partial charge in [-0.2, -0.15) is 0 Å².